The molecule has 0 aliphatic heterocycles. The topological polar surface area (TPSA) is 63.6 Å². The maximum absolute atomic E-state index is 12.3. The van der Waals surface area contributed by atoms with Crippen LogP contribution in [0.3, 0.4) is 0 Å². The first kappa shape index (κ1) is 23.0. The molecule has 0 aromatic carbocycles. The Labute approximate surface area is 188 Å². The number of rotatable bonds is 5. The first-order chi connectivity index (χ1) is 14.7. The van der Waals surface area contributed by atoms with Crippen LogP contribution in [-0.2, 0) is 14.3 Å². The highest BCUT2D eigenvalue weighted by molar-refractivity contribution is 5.80. The van der Waals surface area contributed by atoms with E-state index in [9.17, 15) is 14.7 Å². The van der Waals surface area contributed by atoms with Gasteiger partial charge in [-0.1, -0.05) is 39.8 Å². The summed E-state index contributed by atoms with van der Waals surface area (Å²) in [7, 11) is 0. The minimum Gasteiger partial charge on any atom is -0.465 e. The predicted octanol–water partition coefficient (Wildman–Crippen LogP) is 5.47. The molecule has 31 heavy (non-hydrogen) atoms. The molecule has 4 nitrogen and oxygen atoms in total. The fourth-order valence-electron chi connectivity index (χ4n) is 8.43. The number of carbonyl (C=O) groups is 2. The molecular formula is C27H42O4. The molecule has 4 rings (SSSR count). The highest BCUT2D eigenvalue weighted by Crippen LogP contribution is 2.69. The molecule has 1 N–H and O–H groups in total. The minimum atomic E-state index is -0.761. The molecule has 4 aliphatic carbocycles. The van der Waals surface area contributed by atoms with Gasteiger partial charge in [0.05, 0.1) is 12.2 Å². The lowest BCUT2D eigenvalue weighted by atomic mass is 9.42. The summed E-state index contributed by atoms with van der Waals surface area (Å²) in [5, 5.41) is 11.7. The number of ketones is 1. The molecule has 0 unspecified atom stereocenters. The van der Waals surface area contributed by atoms with E-state index in [2.05, 4.69) is 20.8 Å². The van der Waals surface area contributed by atoms with E-state index in [4.69, 9.17) is 4.74 Å². The summed E-state index contributed by atoms with van der Waals surface area (Å²) in [6.07, 6.45) is 13.2. The average Bonchev–Trinajstić information content (AvgIpc) is 3.00. The maximum Gasteiger partial charge on any atom is 0.305 e. The van der Waals surface area contributed by atoms with Crippen LogP contribution in [0.1, 0.15) is 91.9 Å². The van der Waals surface area contributed by atoms with Crippen molar-refractivity contribution in [3.8, 4) is 0 Å². The lowest BCUT2D eigenvalue weighted by Gasteiger charge is -2.62. The summed E-state index contributed by atoms with van der Waals surface area (Å²) in [6, 6.07) is 0. The van der Waals surface area contributed by atoms with Gasteiger partial charge in [0.1, 0.15) is 5.78 Å². The second-order valence-electron chi connectivity index (χ2n) is 11.5. The van der Waals surface area contributed by atoms with Crippen LogP contribution in [0.15, 0.2) is 12.2 Å². The van der Waals surface area contributed by atoms with E-state index in [1.54, 1.807) is 6.92 Å². The highest BCUT2D eigenvalue weighted by Gasteiger charge is 2.64. The fraction of sp³-hybridized carbons (Fsp3) is 0.852. The Bertz CT molecular complexity index is 744. The van der Waals surface area contributed by atoms with Crippen LogP contribution in [0.4, 0.5) is 0 Å². The number of esters is 1. The van der Waals surface area contributed by atoms with Crippen molar-refractivity contribution in [3.05, 3.63) is 12.2 Å². The van der Waals surface area contributed by atoms with Crippen LogP contribution in [0.5, 0.6) is 0 Å². The molecule has 4 saturated carbocycles. The fourth-order valence-corrected chi connectivity index (χ4v) is 8.43. The van der Waals surface area contributed by atoms with Gasteiger partial charge in [0.15, 0.2) is 0 Å². The minimum absolute atomic E-state index is 0.0817. The Morgan fingerprint density at radius 1 is 1.13 bits per heavy atom. The summed E-state index contributed by atoms with van der Waals surface area (Å²) in [4.78, 5) is 23.6. The zero-order valence-electron chi connectivity index (χ0n) is 20.0. The van der Waals surface area contributed by atoms with Crippen molar-refractivity contribution in [1.29, 1.82) is 0 Å². The van der Waals surface area contributed by atoms with Crippen molar-refractivity contribution in [2.75, 3.05) is 6.61 Å². The highest BCUT2D eigenvalue weighted by atomic mass is 16.5. The number of ether oxygens (including phenoxy) is 1. The van der Waals surface area contributed by atoms with E-state index in [0.29, 0.717) is 54.8 Å². The van der Waals surface area contributed by atoms with E-state index >= 15 is 0 Å². The van der Waals surface area contributed by atoms with E-state index in [1.165, 1.54) is 19.3 Å². The molecular weight excluding hydrogens is 388 g/mol. The van der Waals surface area contributed by atoms with Gasteiger partial charge in [-0.25, -0.2) is 0 Å². The molecule has 4 aliphatic rings. The number of carbonyl (C=O) groups excluding carboxylic acids is 2. The summed E-state index contributed by atoms with van der Waals surface area (Å²) >= 11 is 0. The lowest BCUT2D eigenvalue weighted by Crippen LogP contribution is -2.58. The first-order valence-electron chi connectivity index (χ1n) is 12.7. The summed E-state index contributed by atoms with van der Waals surface area (Å²) in [6.45, 7) is 9.33. The SMILES string of the molecule is CCC(=O)OCC/C=C/[C@]1(O)CC[C@H]2[C@@H]3CC[C@H]4CC(=O)C[C@H](C)[C@]4(C)[C@H]3CC[C@@]21C. The van der Waals surface area contributed by atoms with Gasteiger partial charge in [-0.05, 0) is 80.0 Å². The normalized spacial score (nSPS) is 47.0. The molecule has 0 amide bonds. The van der Waals surface area contributed by atoms with Crippen LogP contribution in [0.2, 0.25) is 0 Å². The monoisotopic (exact) mass is 430 g/mol. The number of hydrogen-bond donors (Lipinski definition) is 1. The Balaban J connectivity index is 1.48. The van der Waals surface area contributed by atoms with Gasteiger partial charge in [0.25, 0.3) is 0 Å². The maximum atomic E-state index is 12.3. The van der Waals surface area contributed by atoms with E-state index < -0.39 is 5.60 Å². The Morgan fingerprint density at radius 3 is 2.61 bits per heavy atom. The van der Waals surface area contributed by atoms with Crippen molar-refractivity contribution in [2.45, 2.75) is 97.5 Å². The number of fused-ring (bicyclic) bond motifs is 5. The quantitative estimate of drug-likeness (QED) is 0.357. The molecule has 0 saturated heterocycles. The Morgan fingerprint density at radius 2 is 1.87 bits per heavy atom. The third kappa shape index (κ3) is 3.61. The molecule has 0 aromatic heterocycles. The van der Waals surface area contributed by atoms with Crippen LogP contribution < -0.4 is 0 Å². The van der Waals surface area contributed by atoms with Crippen molar-refractivity contribution in [1.82, 2.24) is 0 Å². The third-order valence-corrected chi connectivity index (χ3v) is 10.5. The molecule has 0 radical (unpaired) electrons. The zero-order chi connectivity index (χ0) is 22.4. The number of aliphatic hydroxyl groups is 1. The molecule has 0 aromatic rings. The Kier molecular flexibility index (Phi) is 6.17. The molecule has 0 heterocycles. The van der Waals surface area contributed by atoms with Crippen molar-refractivity contribution in [2.24, 2.45) is 40.4 Å². The van der Waals surface area contributed by atoms with E-state index in [1.807, 2.05) is 12.2 Å². The van der Waals surface area contributed by atoms with Gasteiger partial charge >= 0.3 is 5.97 Å². The zero-order valence-corrected chi connectivity index (χ0v) is 20.0. The van der Waals surface area contributed by atoms with Crippen molar-refractivity contribution >= 4 is 11.8 Å². The second-order valence-corrected chi connectivity index (χ2v) is 11.5. The Hall–Kier alpha value is -1.16. The lowest BCUT2D eigenvalue weighted by molar-refractivity contribution is -0.161. The molecule has 174 valence electrons. The van der Waals surface area contributed by atoms with Gasteiger partial charge in [-0.3, -0.25) is 9.59 Å². The van der Waals surface area contributed by atoms with Crippen LogP contribution in [-0.4, -0.2) is 29.1 Å². The average molecular weight is 431 g/mol. The summed E-state index contributed by atoms with van der Waals surface area (Å²) in [5.41, 5.74) is -0.567. The van der Waals surface area contributed by atoms with Gasteiger partial charge < -0.3 is 9.84 Å². The molecule has 8 atom stereocenters. The number of hydrogen-bond acceptors (Lipinski definition) is 4. The summed E-state index contributed by atoms with van der Waals surface area (Å²) in [5.74, 6) is 3.25. The molecule has 0 spiro atoms. The van der Waals surface area contributed by atoms with Gasteiger partial charge in [0, 0.05) is 24.7 Å². The molecule has 0 bridgehead atoms. The van der Waals surface area contributed by atoms with Gasteiger partial charge in [-0.15, -0.1) is 0 Å². The van der Waals surface area contributed by atoms with E-state index in [-0.39, 0.29) is 16.8 Å². The smallest absolute Gasteiger partial charge is 0.305 e. The predicted molar refractivity (Wildman–Crippen MR) is 121 cm³/mol. The van der Waals surface area contributed by atoms with Crippen LogP contribution in [0.25, 0.3) is 0 Å². The largest absolute Gasteiger partial charge is 0.465 e. The van der Waals surface area contributed by atoms with Crippen LogP contribution >= 0.6 is 0 Å². The van der Waals surface area contributed by atoms with Crippen LogP contribution in [0, 0.1) is 40.4 Å². The summed E-state index contributed by atoms with van der Waals surface area (Å²) < 4.78 is 5.17. The third-order valence-electron chi connectivity index (χ3n) is 10.5. The van der Waals surface area contributed by atoms with E-state index in [0.717, 1.165) is 32.1 Å². The van der Waals surface area contributed by atoms with Crippen molar-refractivity contribution < 1.29 is 19.4 Å². The number of Topliss-reactive ketones (excluding diaryl/α,β-unsaturated/α-hetero) is 1. The van der Waals surface area contributed by atoms with Crippen molar-refractivity contribution in [3.63, 3.8) is 0 Å². The standard InChI is InChI=1S/C27H42O4/c1-5-24(29)31-15-7-6-12-27(30)14-11-22-21-9-8-19-17-20(28)16-18(2)26(19,4)23(21)10-13-25(22,27)3/h6,12,18-19,21-23,30H,5,7-11,13-17H2,1-4H3/b12-6+/t18-,19-,21-,22-,23-,25-,26-,27-/m0/s1. The first-order valence-corrected chi connectivity index (χ1v) is 12.7. The van der Waals surface area contributed by atoms with Gasteiger partial charge in [0.2, 0.25) is 0 Å². The molecule has 4 fully saturated rings. The van der Waals surface area contributed by atoms with Gasteiger partial charge in [-0.2, -0.15) is 0 Å². The molecule has 4 heteroatoms. The second kappa shape index (κ2) is 8.32.